The van der Waals surface area contributed by atoms with Crippen molar-refractivity contribution in [2.45, 2.75) is 6.92 Å². The summed E-state index contributed by atoms with van der Waals surface area (Å²) >= 11 is 0. The van der Waals surface area contributed by atoms with Crippen LogP contribution in [0, 0.1) is 6.92 Å². The monoisotopic (exact) mass is 742 g/mol. The van der Waals surface area contributed by atoms with Crippen LogP contribution >= 0.6 is 0 Å². The van der Waals surface area contributed by atoms with Crippen LogP contribution in [0.25, 0.3) is 141 Å². The normalized spacial score (nSPS) is 12.5. The zero-order valence-electron chi connectivity index (χ0n) is 32.4. The van der Waals surface area contributed by atoms with E-state index in [1.807, 2.05) is 0 Å². The third kappa shape index (κ3) is 3.89. The predicted octanol–water partition coefficient (Wildman–Crippen LogP) is 16.8. The summed E-state index contributed by atoms with van der Waals surface area (Å²) in [5, 5.41) is 26.8. The molecule has 0 aromatic heterocycles. The average molecular weight is 743 g/mol. The van der Waals surface area contributed by atoms with Gasteiger partial charge in [-0.25, -0.2) is 0 Å². The largest absolute Gasteiger partial charge is 0.0622 e. The van der Waals surface area contributed by atoms with Gasteiger partial charge in [0.05, 0.1) is 0 Å². The van der Waals surface area contributed by atoms with Crippen molar-refractivity contribution in [1.29, 1.82) is 0 Å². The van der Waals surface area contributed by atoms with Crippen LogP contribution in [-0.2, 0) is 0 Å². The Balaban J connectivity index is 1.41. The van der Waals surface area contributed by atoms with Crippen LogP contribution in [-0.4, -0.2) is 0 Å². The average Bonchev–Trinajstić information content (AvgIpc) is 3.81. The molecule has 0 heterocycles. The molecule has 0 bridgehead atoms. The summed E-state index contributed by atoms with van der Waals surface area (Å²) in [6.45, 7) is 2.28. The highest BCUT2D eigenvalue weighted by Crippen LogP contribution is 2.59. The lowest BCUT2D eigenvalue weighted by Gasteiger charge is -2.24. The standard InChI is InChI=1S/C59H34/c1-33-29-30-45-50-38(33)23-13-27-43(50)56-54-42-26-12-22-35-21-11-25-41(47(35)42)52(54)48(36-17-7-3-8-18-36)58-49(37-19-9-4-10-20-37)53-46-32-31-39(34-15-5-2-6-16-34)40-24-14-28-44(51(40)46)55(53)57(45)59(56)58/h2-32H,1H3. The lowest BCUT2D eigenvalue weighted by atomic mass is 9.78. The highest BCUT2D eigenvalue weighted by molar-refractivity contribution is 6.55. The number of benzene rings is 12. The van der Waals surface area contributed by atoms with Crippen molar-refractivity contribution >= 4 is 108 Å². The fraction of sp³-hybridized carbons (Fsp3) is 0.0169. The van der Waals surface area contributed by atoms with E-state index in [9.17, 15) is 0 Å². The van der Waals surface area contributed by atoms with Crippen molar-refractivity contribution in [2.75, 3.05) is 0 Å². The van der Waals surface area contributed by atoms with Crippen molar-refractivity contribution in [3.8, 4) is 33.4 Å². The topological polar surface area (TPSA) is 0 Å². The second-order valence-corrected chi connectivity index (χ2v) is 16.6. The van der Waals surface area contributed by atoms with E-state index in [-0.39, 0.29) is 0 Å². The first-order valence-corrected chi connectivity index (χ1v) is 20.8. The Labute approximate surface area is 340 Å². The van der Waals surface area contributed by atoms with Gasteiger partial charge in [0, 0.05) is 0 Å². The molecule has 0 spiro atoms. The molecule has 0 N–H and O–H groups in total. The van der Waals surface area contributed by atoms with E-state index in [1.54, 1.807) is 0 Å². The Morgan fingerprint density at radius 3 is 1.22 bits per heavy atom. The van der Waals surface area contributed by atoms with Gasteiger partial charge in [-0.15, -0.1) is 0 Å². The minimum atomic E-state index is 1.24. The molecule has 0 aliphatic heterocycles. The maximum absolute atomic E-state index is 2.44. The zero-order valence-corrected chi connectivity index (χ0v) is 32.4. The van der Waals surface area contributed by atoms with E-state index in [0.29, 0.717) is 0 Å². The van der Waals surface area contributed by atoms with Crippen LogP contribution in [0.1, 0.15) is 5.56 Å². The van der Waals surface area contributed by atoms with Gasteiger partial charge in [-0.2, -0.15) is 0 Å². The quantitative estimate of drug-likeness (QED) is 0.125. The van der Waals surface area contributed by atoms with Crippen molar-refractivity contribution in [3.63, 3.8) is 0 Å². The van der Waals surface area contributed by atoms with Crippen molar-refractivity contribution in [2.24, 2.45) is 0 Å². The van der Waals surface area contributed by atoms with Gasteiger partial charge in [0.25, 0.3) is 0 Å². The van der Waals surface area contributed by atoms with Gasteiger partial charge in [0.2, 0.25) is 0 Å². The number of hydrogen-bond donors (Lipinski definition) is 0. The highest BCUT2D eigenvalue weighted by Gasteiger charge is 2.31. The van der Waals surface area contributed by atoms with Gasteiger partial charge in [-0.05, 0) is 154 Å². The molecule has 0 heteroatoms. The van der Waals surface area contributed by atoms with Crippen LogP contribution in [0.5, 0.6) is 0 Å². The van der Waals surface area contributed by atoms with E-state index >= 15 is 0 Å². The molecule has 0 amide bonds. The molecule has 0 saturated carbocycles. The molecular formula is C59H34. The molecule has 0 aliphatic carbocycles. The maximum atomic E-state index is 2.44. The molecule has 0 unspecified atom stereocenters. The van der Waals surface area contributed by atoms with E-state index in [2.05, 4.69) is 195 Å². The van der Waals surface area contributed by atoms with Crippen LogP contribution in [0.3, 0.4) is 0 Å². The SMILES string of the molecule is Cc1ccc2c3c1cccc3c1c3c4cccc5cccc(c3c(-c3ccccc3)c3c(-c6ccccc6)c6c7ccc(-c8ccccc8)c8cccc(c87)c6c2c31)c54. The van der Waals surface area contributed by atoms with Gasteiger partial charge in [-0.3, -0.25) is 0 Å². The van der Waals surface area contributed by atoms with Crippen molar-refractivity contribution < 1.29 is 0 Å². The first-order chi connectivity index (χ1) is 29.3. The Morgan fingerprint density at radius 2 is 0.627 bits per heavy atom. The molecule has 14 aromatic rings. The third-order valence-electron chi connectivity index (χ3n) is 13.8. The van der Waals surface area contributed by atoms with E-state index in [1.165, 1.54) is 147 Å². The Kier molecular flexibility index (Phi) is 6.05. The smallest absolute Gasteiger partial charge is 0.0000476 e. The molecule has 0 fully saturated rings. The van der Waals surface area contributed by atoms with Gasteiger partial charge < -0.3 is 0 Å². The Morgan fingerprint density at radius 1 is 0.220 bits per heavy atom. The number of rotatable bonds is 3. The first kappa shape index (κ1) is 31.5. The van der Waals surface area contributed by atoms with Gasteiger partial charge in [0.15, 0.2) is 0 Å². The second-order valence-electron chi connectivity index (χ2n) is 16.6. The van der Waals surface area contributed by atoms with Gasteiger partial charge in [0.1, 0.15) is 0 Å². The predicted molar refractivity (Wildman–Crippen MR) is 256 cm³/mol. The maximum Gasteiger partial charge on any atom is -0.0000476 e. The summed E-state index contributed by atoms with van der Waals surface area (Å²) in [6, 6.07) is 71.0. The Bertz CT molecular complexity index is 4020. The van der Waals surface area contributed by atoms with Crippen molar-refractivity contribution in [1.82, 2.24) is 0 Å². The number of hydrogen-bond acceptors (Lipinski definition) is 0. The molecule has 270 valence electrons. The molecule has 0 atom stereocenters. The summed E-state index contributed by atoms with van der Waals surface area (Å²) in [4.78, 5) is 0. The molecule has 0 nitrogen and oxygen atoms in total. The molecule has 0 aliphatic rings. The summed E-state index contributed by atoms with van der Waals surface area (Å²) in [6.07, 6.45) is 0. The summed E-state index contributed by atoms with van der Waals surface area (Å²) in [7, 11) is 0. The summed E-state index contributed by atoms with van der Waals surface area (Å²) in [5.41, 5.74) is 8.96. The Hall–Kier alpha value is -7.54. The second kappa shape index (κ2) is 11.3. The van der Waals surface area contributed by atoms with Crippen LogP contribution < -0.4 is 0 Å². The minimum Gasteiger partial charge on any atom is -0.0622 e. The van der Waals surface area contributed by atoms with Gasteiger partial charge >= 0.3 is 0 Å². The fourth-order valence-corrected chi connectivity index (χ4v) is 11.6. The molecule has 0 saturated heterocycles. The minimum absolute atomic E-state index is 1.24. The molecule has 14 aromatic carbocycles. The van der Waals surface area contributed by atoms with Crippen LogP contribution in [0.15, 0.2) is 188 Å². The van der Waals surface area contributed by atoms with E-state index < -0.39 is 0 Å². The number of aryl methyl sites for hydroxylation is 1. The van der Waals surface area contributed by atoms with Crippen LogP contribution in [0.2, 0.25) is 0 Å². The molecule has 0 radical (unpaired) electrons. The molecule has 59 heavy (non-hydrogen) atoms. The highest BCUT2D eigenvalue weighted by atomic mass is 14.3. The van der Waals surface area contributed by atoms with E-state index in [0.717, 1.165) is 0 Å². The number of fused-ring (bicyclic) bond motifs is 10. The zero-order chi connectivity index (χ0) is 38.5. The molecule has 14 rings (SSSR count). The molecular weight excluding hydrogens is 709 g/mol. The van der Waals surface area contributed by atoms with Gasteiger partial charge in [-0.1, -0.05) is 188 Å². The fourth-order valence-electron chi connectivity index (χ4n) is 11.6. The van der Waals surface area contributed by atoms with E-state index in [4.69, 9.17) is 0 Å². The lowest BCUT2D eigenvalue weighted by Crippen LogP contribution is -1.95. The summed E-state index contributed by atoms with van der Waals surface area (Å²) in [5.74, 6) is 0. The van der Waals surface area contributed by atoms with Crippen molar-refractivity contribution in [3.05, 3.63) is 194 Å². The first-order valence-electron chi connectivity index (χ1n) is 20.8. The third-order valence-corrected chi connectivity index (χ3v) is 13.8. The van der Waals surface area contributed by atoms with Crippen LogP contribution in [0.4, 0.5) is 0 Å². The summed E-state index contributed by atoms with van der Waals surface area (Å²) < 4.78 is 0. The lowest BCUT2D eigenvalue weighted by molar-refractivity contribution is 1.55.